The molecular formula is C15H20N2O4. The molecule has 0 aromatic heterocycles. The smallest absolute Gasteiger partial charge is 0.326 e. The standard InChI is InChI=1S/C15H20N2O4/c1-10-4-3-5-11(6-10)8-16(2)15(21)17-9-12(18)7-13(17)14(19)20/h3-6,12-13,18H,7-9H2,1-2H3,(H,19,20)/t12-,13-/m0/s1. The number of urea groups is 1. The quantitative estimate of drug-likeness (QED) is 0.873. The number of carboxylic acid groups (broad SMARTS) is 1. The Hall–Kier alpha value is -2.08. The first-order chi connectivity index (χ1) is 9.88. The summed E-state index contributed by atoms with van der Waals surface area (Å²) in [4.78, 5) is 26.2. The fourth-order valence-corrected chi connectivity index (χ4v) is 2.63. The molecular weight excluding hydrogens is 272 g/mol. The van der Waals surface area contributed by atoms with Crippen molar-refractivity contribution in [3.05, 3.63) is 35.4 Å². The minimum absolute atomic E-state index is 0.0634. The van der Waals surface area contributed by atoms with E-state index < -0.39 is 18.1 Å². The van der Waals surface area contributed by atoms with Crippen molar-refractivity contribution in [3.63, 3.8) is 0 Å². The lowest BCUT2D eigenvalue weighted by Gasteiger charge is -2.27. The highest BCUT2D eigenvalue weighted by Gasteiger charge is 2.39. The van der Waals surface area contributed by atoms with E-state index in [1.807, 2.05) is 31.2 Å². The highest BCUT2D eigenvalue weighted by molar-refractivity contribution is 5.83. The molecule has 21 heavy (non-hydrogen) atoms. The molecule has 0 bridgehead atoms. The Morgan fingerprint density at radius 3 is 2.76 bits per heavy atom. The maximum Gasteiger partial charge on any atom is 0.326 e. The Bertz CT molecular complexity index is 546. The topological polar surface area (TPSA) is 81.1 Å². The van der Waals surface area contributed by atoms with E-state index in [1.54, 1.807) is 7.05 Å². The van der Waals surface area contributed by atoms with Crippen LogP contribution in [0.25, 0.3) is 0 Å². The van der Waals surface area contributed by atoms with Crippen LogP contribution in [-0.2, 0) is 11.3 Å². The predicted octanol–water partition coefficient (Wildman–Crippen LogP) is 1.07. The molecule has 0 radical (unpaired) electrons. The van der Waals surface area contributed by atoms with Crippen molar-refractivity contribution in [2.45, 2.75) is 32.0 Å². The number of aryl methyl sites for hydroxylation is 1. The van der Waals surface area contributed by atoms with Crippen molar-refractivity contribution in [3.8, 4) is 0 Å². The third kappa shape index (κ3) is 3.52. The Balaban J connectivity index is 2.06. The molecule has 2 N–H and O–H groups in total. The van der Waals surface area contributed by atoms with Gasteiger partial charge in [-0.3, -0.25) is 0 Å². The maximum atomic E-state index is 12.4. The Kier molecular flexibility index (Phi) is 4.47. The van der Waals surface area contributed by atoms with Crippen molar-refractivity contribution in [1.82, 2.24) is 9.80 Å². The summed E-state index contributed by atoms with van der Waals surface area (Å²) >= 11 is 0. The van der Waals surface area contributed by atoms with Crippen molar-refractivity contribution < 1.29 is 19.8 Å². The van der Waals surface area contributed by atoms with Gasteiger partial charge in [-0.25, -0.2) is 9.59 Å². The van der Waals surface area contributed by atoms with Gasteiger partial charge in [0.1, 0.15) is 6.04 Å². The van der Waals surface area contributed by atoms with Crippen molar-refractivity contribution in [1.29, 1.82) is 0 Å². The number of aliphatic carboxylic acids is 1. The number of rotatable bonds is 3. The second kappa shape index (κ2) is 6.13. The largest absolute Gasteiger partial charge is 0.480 e. The molecule has 2 rings (SSSR count). The number of hydrogen-bond acceptors (Lipinski definition) is 3. The second-order valence-corrected chi connectivity index (χ2v) is 5.52. The number of carbonyl (C=O) groups is 2. The van der Waals surface area contributed by atoms with Crippen molar-refractivity contribution >= 4 is 12.0 Å². The lowest BCUT2D eigenvalue weighted by Crippen LogP contribution is -2.46. The van der Waals surface area contributed by atoms with E-state index in [9.17, 15) is 14.7 Å². The van der Waals surface area contributed by atoms with Crippen LogP contribution in [0.15, 0.2) is 24.3 Å². The lowest BCUT2D eigenvalue weighted by atomic mass is 10.1. The van der Waals surface area contributed by atoms with Gasteiger partial charge in [0.15, 0.2) is 0 Å². The second-order valence-electron chi connectivity index (χ2n) is 5.52. The zero-order chi connectivity index (χ0) is 15.6. The molecule has 0 aliphatic carbocycles. The molecule has 1 saturated heterocycles. The molecule has 6 nitrogen and oxygen atoms in total. The van der Waals surface area contributed by atoms with Crippen molar-refractivity contribution in [2.75, 3.05) is 13.6 Å². The molecule has 1 fully saturated rings. The van der Waals surface area contributed by atoms with Gasteiger partial charge in [-0.2, -0.15) is 0 Å². The SMILES string of the molecule is Cc1cccc(CN(C)C(=O)N2C[C@@H](O)C[C@H]2C(=O)O)c1. The molecule has 6 heteroatoms. The van der Waals surface area contributed by atoms with E-state index in [0.717, 1.165) is 11.1 Å². The number of β-amino-alcohol motifs (C(OH)–C–C–N with tert-alkyl or cyclic N) is 1. The highest BCUT2D eigenvalue weighted by Crippen LogP contribution is 2.20. The zero-order valence-electron chi connectivity index (χ0n) is 12.2. The van der Waals surface area contributed by atoms with Gasteiger partial charge in [-0.1, -0.05) is 29.8 Å². The van der Waals surface area contributed by atoms with Gasteiger partial charge in [0.2, 0.25) is 0 Å². The van der Waals surface area contributed by atoms with Gasteiger partial charge >= 0.3 is 12.0 Å². The van der Waals surface area contributed by atoms with Crippen LogP contribution in [0, 0.1) is 6.92 Å². The van der Waals surface area contributed by atoms with E-state index >= 15 is 0 Å². The molecule has 1 aromatic carbocycles. The number of benzene rings is 1. The van der Waals surface area contributed by atoms with E-state index in [-0.39, 0.29) is 19.0 Å². The Labute approximate surface area is 123 Å². The summed E-state index contributed by atoms with van der Waals surface area (Å²) in [7, 11) is 1.63. The molecule has 0 unspecified atom stereocenters. The number of hydrogen-bond donors (Lipinski definition) is 2. The first-order valence-electron chi connectivity index (χ1n) is 6.86. The van der Waals surface area contributed by atoms with Gasteiger partial charge in [-0.15, -0.1) is 0 Å². The van der Waals surface area contributed by atoms with Gasteiger partial charge in [0.05, 0.1) is 6.10 Å². The summed E-state index contributed by atoms with van der Waals surface area (Å²) in [6, 6.07) is 6.47. The third-order valence-corrected chi connectivity index (χ3v) is 3.64. The van der Waals surface area contributed by atoms with Crippen LogP contribution in [0.4, 0.5) is 4.79 Å². The van der Waals surface area contributed by atoms with Crippen molar-refractivity contribution in [2.24, 2.45) is 0 Å². The molecule has 114 valence electrons. The molecule has 0 spiro atoms. The highest BCUT2D eigenvalue weighted by atomic mass is 16.4. The van der Waals surface area contributed by atoms with E-state index in [1.165, 1.54) is 9.80 Å². The maximum absolute atomic E-state index is 12.4. The van der Waals surface area contributed by atoms with Crippen LogP contribution in [0.3, 0.4) is 0 Å². The van der Waals surface area contributed by atoms with E-state index in [2.05, 4.69) is 0 Å². The van der Waals surface area contributed by atoms with Gasteiger partial charge < -0.3 is 20.0 Å². The Morgan fingerprint density at radius 1 is 1.43 bits per heavy atom. The van der Waals surface area contributed by atoms with Crippen LogP contribution < -0.4 is 0 Å². The number of amides is 2. The van der Waals surface area contributed by atoms with E-state index in [0.29, 0.717) is 6.54 Å². The van der Waals surface area contributed by atoms with Gasteiger partial charge in [0.25, 0.3) is 0 Å². The number of carboxylic acids is 1. The van der Waals surface area contributed by atoms with Crippen LogP contribution in [0.5, 0.6) is 0 Å². The van der Waals surface area contributed by atoms with Crippen LogP contribution >= 0.6 is 0 Å². The number of likely N-dealkylation sites (tertiary alicyclic amines) is 1. The van der Waals surface area contributed by atoms with Gasteiger partial charge in [0, 0.05) is 26.6 Å². The summed E-state index contributed by atoms with van der Waals surface area (Å²) in [6.07, 6.45) is -0.693. The molecule has 0 saturated carbocycles. The van der Waals surface area contributed by atoms with Crippen LogP contribution in [0.1, 0.15) is 17.5 Å². The summed E-state index contributed by atoms with van der Waals surface area (Å²) in [5.74, 6) is -1.08. The van der Waals surface area contributed by atoms with E-state index in [4.69, 9.17) is 5.11 Å². The van der Waals surface area contributed by atoms with Crippen LogP contribution in [-0.4, -0.2) is 57.8 Å². The average Bonchev–Trinajstić information content (AvgIpc) is 2.80. The fraction of sp³-hybridized carbons (Fsp3) is 0.467. The first-order valence-corrected chi connectivity index (χ1v) is 6.86. The summed E-state index contributed by atoms with van der Waals surface area (Å²) in [5, 5.41) is 18.7. The fourth-order valence-electron chi connectivity index (χ4n) is 2.63. The predicted molar refractivity (Wildman–Crippen MR) is 76.8 cm³/mol. The third-order valence-electron chi connectivity index (χ3n) is 3.64. The number of nitrogens with zero attached hydrogens (tertiary/aromatic N) is 2. The van der Waals surface area contributed by atoms with Gasteiger partial charge in [-0.05, 0) is 12.5 Å². The average molecular weight is 292 g/mol. The summed E-state index contributed by atoms with van der Waals surface area (Å²) < 4.78 is 0. The molecule has 1 aliphatic rings. The Morgan fingerprint density at radius 2 is 2.14 bits per heavy atom. The lowest BCUT2D eigenvalue weighted by molar-refractivity contribution is -0.141. The number of aliphatic hydroxyl groups excluding tert-OH is 1. The molecule has 1 aliphatic heterocycles. The molecule has 2 atom stereocenters. The minimum Gasteiger partial charge on any atom is -0.480 e. The molecule has 2 amide bonds. The summed E-state index contributed by atoms with van der Waals surface area (Å²) in [6.45, 7) is 2.44. The number of aliphatic hydroxyl groups is 1. The summed E-state index contributed by atoms with van der Waals surface area (Å²) in [5.41, 5.74) is 2.09. The number of carbonyl (C=O) groups excluding carboxylic acids is 1. The van der Waals surface area contributed by atoms with Crippen LogP contribution in [0.2, 0.25) is 0 Å². The monoisotopic (exact) mass is 292 g/mol. The zero-order valence-corrected chi connectivity index (χ0v) is 12.2. The molecule has 1 heterocycles. The first kappa shape index (κ1) is 15.3. The normalized spacial score (nSPS) is 21.4. The molecule has 1 aromatic rings. The minimum atomic E-state index is -1.08.